The summed E-state index contributed by atoms with van der Waals surface area (Å²) in [7, 11) is 0. The molecule has 0 aliphatic rings. The van der Waals surface area contributed by atoms with E-state index < -0.39 is 0 Å². The first-order chi connectivity index (χ1) is 12.9. The number of aryl methyl sites for hydroxylation is 1. The number of aromatic nitrogens is 1. The summed E-state index contributed by atoms with van der Waals surface area (Å²) in [5.74, 6) is 0.0890. The minimum Gasteiger partial charge on any atom is -0.444 e. The monoisotopic (exact) mass is 505 g/mol. The molecule has 5 nitrogen and oxygen atoms in total. The molecule has 28 heavy (non-hydrogen) atoms. The van der Waals surface area contributed by atoms with Gasteiger partial charge in [0, 0.05) is 18.1 Å². The first kappa shape index (κ1) is 23.2. The van der Waals surface area contributed by atoms with Gasteiger partial charge in [-0.15, -0.1) is 12.4 Å². The Balaban J connectivity index is 0.00000280. The molecular formula is C19H22BrCl2N3O2S. The summed E-state index contributed by atoms with van der Waals surface area (Å²) in [4.78, 5) is 21.8. The van der Waals surface area contributed by atoms with Gasteiger partial charge in [0.15, 0.2) is 15.6 Å². The maximum Gasteiger partial charge on any atom is 0.295 e. The number of carbonyl (C=O) groups excluding carboxylic acids is 1. The van der Waals surface area contributed by atoms with Gasteiger partial charge in [-0.1, -0.05) is 36.8 Å². The van der Waals surface area contributed by atoms with E-state index in [1.165, 1.54) is 11.3 Å². The van der Waals surface area contributed by atoms with E-state index in [1.807, 2.05) is 19.1 Å². The lowest BCUT2D eigenvalue weighted by molar-refractivity contribution is 0.0956. The zero-order valence-corrected chi connectivity index (χ0v) is 19.8. The molecule has 1 amide bonds. The normalized spacial score (nSPS) is 11.1. The first-order valence-corrected chi connectivity index (χ1v) is 10.8. The summed E-state index contributed by atoms with van der Waals surface area (Å²) in [5, 5.41) is 1.33. The van der Waals surface area contributed by atoms with Crippen LogP contribution in [-0.4, -0.2) is 42.0 Å². The molecule has 2 heterocycles. The smallest absolute Gasteiger partial charge is 0.295 e. The van der Waals surface area contributed by atoms with Gasteiger partial charge in [0.2, 0.25) is 0 Å². The van der Waals surface area contributed by atoms with Crippen molar-refractivity contribution < 1.29 is 9.21 Å². The van der Waals surface area contributed by atoms with Gasteiger partial charge in [0.1, 0.15) is 0 Å². The number of furan rings is 1. The number of halogens is 3. The minimum absolute atomic E-state index is 0. The number of likely N-dealkylation sites (N-methyl/N-ethyl adjacent to an activating group) is 1. The Bertz CT molecular complexity index is 956. The van der Waals surface area contributed by atoms with Crippen LogP contribution < -0.4 is 4.90 Å². The number of carbonyl (C=O) groups is 1. The van der Waals surface area contributed by atoms with Crippen LogP contribution in [0.2, 0.25) is 5.02 Å². The van der Waals surface area contributed by atoms with E-state index in [9.17, 15) is 4.79 Å². The van der Waals surface area contributed by atoms with Crippen LogP contribution in [0, 0.1) is 6.92 Å². The molecule has 0 saturated heterocycles. The van der Waals surface area contributed by atoms with Crippen LogP contribution in [0.4, 0.5) is 5.13 Å². The fourth-order valence-corrected chi connectivity index (χ4v) is 4.34. The SMILES string of the molecule is CCN(CC)CCN(C(=O)c1ccc(Br)o1)c1nc2c(C)c(Cl)ccc2s1.Cl. The number of thiazole rings is 1. The topological polar surface area (TPSA) is 49.6 Å². The number of rotatable bonds is 7. The summed E-state index contributed by atoms with van der Waals surface area (Å²) in [6, 6.07) is 7.21. The molecule has 0 radical (unpaired) electrons. The van der Waals surface area contributed by atoms with Crippen molar-refractivity contribution in [3.63, 3.8) is 0 Å². The van der Waals surface area contributed by atoms with Gasteiger partial charge < -0.3 is 9.32 Å². The van der Waals surface area contributed by atoms with Gasteiger partial charge in [0.25, 0.3) is 5.91 Å². The van der Waals surface area contributed by atoms with Crippen LogP contribution in [0.1, 0.15) is 30.0 Å². The number of amides is 1. The number of fused-ring (bicyclic) bond motifs is 1. The van der Waals surface area contributed by atoms with E-state index in [0.29, 0.717) is 21.4 Å². The van der Waals surface area contributed by atoms with Gasteiger partial charge in [-0.05, 0) is 65.8 Å². The van der Waals surface area contributed by atoms with Gasteiger partial charge in [-0.3, -0.25) is 9.69 Å². The van der Waals surface area contributed by atoms with Gasteiger partial charge >= 0.3 is 0 Å². The second-order valence-electron chi connectivity index (χ2n) is 6.10. The summed E-state index contributed by atoms with van der Waals surface area (Å²) in [6.45, 7) is 9.32. The molecule has 0 spiro atoms. The molecule has 0 atom stereocenters. The lowest BCUT2D eigenvalue weighted by atomic mass is 10.2. The zero-order valence-electron chi connectivity index (χ0n) is 15.9. The molecule has 0 saturated carbocycles. The van der Waals surface area contributed by atoms with Crippen LogP contribution >= 0.6 is 51.3 Å². The predicted octanol–water partition coefficient (Wildman–Crippen LogP) is 6.02. The zero-order chi connectivity index (χ0) is 19.6. The lowest BCUT2D eigenvalue weighted by Gasteiger charge is -2.24. The molecule has 0 unspecified atom stereocenters. The molecule has 1 aromatic carbocycles. The predicted molar refractivity (Wildman–Crippen MR) is 122 cm³/mol. The van der Waals surface area contributed by atoms with Crippen molar-refractivity contribution in [1.82, 2.24) is 9.88 Å². The van der Waals surface area contributed by atoms with E-state index in [2.05, 4.69) is 34.7 Å². The standard InChI is InChI=1S/C19H21BrClN3O2S.ClH/c1-4-23(5-2)10-11-24(18(25)14-7-9-16(20)26-14)19-22-17-12(3)13(21)6-8-15(17)27-19;/h6-9H,4-5,10-11H2,1-3H3;1H. The van der Waals surface area contributed by atoms with Crippen LogP contribution in [0.25, 0.3) is 10.2 Å². The second-order valence-corrected chi connectivity index (χ2v) is 8.30. The van der Waals surface area contributed by atoms with E-state index in [4.69, 9.17) is 21.0 Å². The van der Waals surface area contributed by atoms with E-state index in [1.54, 1.807) is 17.0 Å². The van der Waals surface area contributed by atoms with Crippen molar-refractivity contribution >= 4 is 72.5 Å². The quantitative estimate of drug-likeness (QED) is 0.393. The van der Waals surface area contributed by atoms with Gasteiger partial charge in [-0.2, -0.15) is 0 Å². The molecule has 0 fully saturated rings. The molecule has 0 aliphatic heterocycles. The van der Waals surface area contributed by atoms with Crippen molar-refractivity contribution in [2.45, 2.75) is 20.8 Å². The van der Waals surface area contributed by atoms with Gasteiger partial charge in [0.05, 0.1) is 10.2 Å². The third-order valence-corrected chi connectivity index (χ3v) is 6.41. The Morgan fingerprint density at radius 1 is 1.21 bits per heavy atom. The molecular weight excluding hydrogens is 485 g/mol. The summed E-state index contributed by atoms with van der Waals surface area (Å²) in [5.41, 5.74) is 1.76. The van der Waals surface area contributed by atoms with Crippen molar-refractivity contribution in [3.05, 3.63) is 45.3 Å². The number of anilines is 1. The van der Waals surface area contributed by atoms with E-state index >= 15 is 0 Å². The maximum absolute atomic E-state index is 13.1. The Morgan fingerprint density at radius 3 is 2.54 bits per heavy atom. The number of hydrogen-bond acceptors (Lipinski definition) is 5. The Labute approximate surface area is 188 Å². The number of nitrogens with zero attached hydrogens (tertiary/aromatic N) is 3. The average molecular weight is 507 g/mol. The van der Waals surface area contributed by atoms with Crippen molar-refractivity contribution in [1.29, 1.82) is 0 Å². The Kier molecular flexibility index (Phi) is 8.33. The van der Waals surface area contributed by atoms with Crippen molar-refractivity contribution in [2.75, 3.05) is 31.1 Å². The summed E-state index contributed by atoms with van der Waals surface area (Å²) in [6.07, 6.45) is 0. The Hall–Kier alpha value is -1.12. The fourth-order valence-electron chi connectivity index (χ4n) is 2.83. The number of hydrogen-bond donors (Lipinski definition) is 0. The highest BCUT2D eigenvalue weighted by Gasteiger charge is 2.24. The highest BCUT2D eigenvalue weighted by molar-refractivity contribution is 9.10. The van der Waals surface area contributed by atoms with Crippen molar-refractivity contribution in [2.24, 2.45) is 0 Å². The molecule has 152 valence electrons. The van der Waals surface area contributed by atoms with Crippen LogP contribution in [0.15, 0.2) is 33.4 Å². The Morgan fingerprint density at radius 2 is 1.93 bits per heavy atom. The summed E-state index contributed by atoms with van der Waals surface area (Å²) >= 11 is 11.0. The second kappa shape index (κ2) is 10.1. The minimum atomic E-state index is -0.198. The number of benzene rings is 1. The molecule has 3 rings (SSSR count). The molecule has 0 bridgehead atoms. The fraction of sp³-hybridized carbons (Fsp3) is 0.368. The van der Waals surface area contributed by atoms with E-state index in [0.717, 1.165) is 35.4 Å². The van der Waals surface area contributed by atoms with E-state index in [-0.39, 0.29) is 24.1 Å². The first-order valence-electron chi connectivity index (χ1n) is 8.79. The van der Waals surface area contributed by atoms with Crippen LogP contribution in [0.3, 0.4) is 0 Å². The third-order valence-electron chi connectivity index (χ3n) is 4.53. The van der Waals surface area contributed by atoms with Crippen molar-refractivity contribution in [3.8, 4) is 0 Å². The van der Waals surface area contributed by atoms with Gasteiger partial charge in [-0.25, -0.2) is 4.98 Å². The van der Waals surface area contributed by atoms with Crippen LogP contribution in [-0.2, 0) is 0 Å². The highest BCUT2D eigenvalue weighted by Crippen LogP contribution is 2.34. The molecule has 2 aromatic heterocycles. The molecule has 9 heteroatoms. The van der Waals surface area contributed by atoms with Crippen LogP contribution in [0.5, 0.6) is 0 Å². The maximum atomic E-state index is 13.1. The molecule has 0 aliphatic carbocycles. The third kappa shape index (κ3) is 4.89. The average Bonchev–Trinajstić information content (AvgIpc) is 3.28. The summed E-state index contributed by atoms with van der Waals surface area (Å²) < 4.78 is 7.03. The largest absolute Gasteiger partial charge is 0.444 e. The molecule has 0 N–H and O–H groups in total. The lowest BCUT2D eigenvalue weighted by Crippen LogP contribution is -2.38. The molecule has 3 aromatic rings. The highest BCUT2D eigenvalue weighted by atomic mass is 79.9.